The van der Waals surface area contributed by atoms with Crippen LogP contribution in [-0.4, -0.2) is 46.5 Å². The summed E-state index contributed by atoms with van der Waals surface area (Å²) in [6.07, 6.45) is 3.12. The van der Waals surface area contributed by atoms with Gasteiger partial charge in [0.15, 0.2) is 0 Å². The molecule has 2 aromatic heterocycles. The Morgan fingerprint density at radius 2 is 2.24 bits per heavy atom. The summed E-state index contributed by atoms with van der Waals surface area (Å²) in [5.74, 6) is 0.215. The van der Waals surface area contributed by atoms with Crippen molar-refractivity contribution < 1.29 is 9.84 Å². The molecule has 4 rings (SSSR count). The number of halogens is 1. The molecular formula is C23H23ClN6O3. The molecule has 0 radical (unpaired) electrons. The molecule has 0 bridgehead atoms. The largest absolute Gasteiger partial charge is 0.395 e. The SMILES string of the molecule is COCCn1cc(Cl)cc(Nc2nccc(-c3cc(C#N)c4c(c3)[C@@](C)(CO)CN4)n2)c1=O. The lowest BCUT2D eigenvalue weighted by Crippen LogP contribution is -2.28. The van der Waals surface area contributed by atoms with Gasteiger partial charge in [-0.2, -0.15) is 5.26 Å². The summed E-state index contributed by atoms with van der Waals surface area (Å²) < 4.78 is 6.50. The minimum Gasteiger partial charge on any atom is -0.395 e. The third kappa shape index (κ3) is 4.41. The van der Waals surface area contributed by atoms with Gasteiger partial charge < -0.3 is 25.0 Å². The molecule has 170 valence electrons. The number of nitriles is 1. The van der Waals surface area contributed by atoms with E-state index < -0.39 is 5.41 Å². The van der Waals surface area contributed by atoms with Crippen LogP contribution in [0.5, 0.6) is 0 Å². The Morgan fingerprint density at radius 1 is 1.42 bits per heavy atom. The maximum atomic E-state index is 12.8. The normalized spacial score (nSPS) is 16.7. The van der Waals surface area contributed by atoms with E-state index in [-0.39, 0.29) is 23.8 Å². The van der Waals surface area contributed by atoms with E-state index in [1.165, 1.54) is 10.6 Å². The third-order valence-electron chi connectivity index (χ3n) is 5.70. The summed E-state index contributed by atoms with van der Waals surface area (Å²) in [6, 6.07) is 9.14. The Labute approximate surface area is 195 Å². The molecule has 0 saturated heterocycles. The molecule has 0 aliphatic carbocycles. The molecule has 1 aromatic carbocycles. The molecule has 10 heteroatoms. The van der Waals surface area contributed by atoms with Crippen molar-refractivity contribution in [2.24, 2.45) is 0 Å². The fourth-order valence-corrected chi connectivity index (χ4v) is 4.04. The van der Waals surface area contributed by atoms with E-state index in [0.29, 0.717) is 41.5 Å². The molecule has 9 nitrogen and oxygen atoms in total. The van der Waals surface area contributed by atoms with Gasteiger partial charge in [0, 0.05) is 43.6 Å². The first-order valence-corrected chi connectivity index (χ1v) is 10.7. The number of nitrogens with one attached hydrogen (secondary N) is 2. The first kappa shape index (κ1) is 22.7. The molecule has 3 aromatic rings. The van der Waals surface area contributed by atoms with Crippen LogP contribution in [0.3, 0.4) is 0 Å². The van der Waals surface area contributed by atoms with E-state index in [9.17, 15) is 15.2 Å². The van der Waals surface area contributed by atoms with Crippen LogP contribution in [0.2, 0.25) is 5.02 Å². The standard InChI is InChI=1S/C23H23ClN6O3/c1-23(13-31)12-27-20-15(10-25)7-14(8-17(20)23)18-3-4-26-22(28-18)29-19-9-16(24)11-30(21(19)32)5-6-33-2/h3-4,7-9,11,27,31H,5-6,12-13H2,1-2H3,(H,26,28,29)/t23-/m1/s1. The Bertz CT molecular complexity index is 1300. The first-order chi connectivity index (χ1) is 15.9. The molecule has 3 heterocycles. The first-order valence-electron chi connectivity index (χ1n) is 10.3. The van der Waals surface area contributed by atoms with Crippen LogP contribution in [0.25, 0.3) is 11.3 Å². The molecular weight excluding hydrogens is 444 g/mol. The monoisotopic (exact) mass is 466 g/mol. The van der Waals surface area contributed by atoms with Gasteiger partial charge in [-0.1, -0.05) is 18.5 Å². The molecule has 3 N–H and O–H groups in total. The van der Waals surface area contributed by atoms with E-state index in [4.69, 9.17) is 16.3 Å². The summed E-state index contributed by atoms with van der Waals surface area (Å²) in [4.78, 5) is 21.5. The highest BCUT2D eigenvalue weighted by molar-refractivity contribution is 6.30. The van der Waals surface area contributed by atoms with Crippen LogP contribution in [0.15, 0.2) is 41.5 Å². The van der Waals surface area contributed by atoms with Gasteiger partial charge >= 0.3 is 0 Å². The molecule has 1 aliphatic heterocycles. The number of ether oxygens (including phenoxy) is 1. The van der Waals surface area contributed by atoms with Gasteiger partial charge in [-0.15, -0.1) is 0 Å². The highest BCUT2D eigenvalue weighted by Gasteiger charge is 2.35. The number of fused-ring (bicyclic) bond motifs is 1. The summed E-state index contributed by atoms with van der Waals surface area (Å²) in [7, 11) is 1.56. The van der Waals surface area contributed by atoms with Gasteiger partial charge in [-0.25, -0.2) is 9.97 Å². The molecule has 0 saturated carbocycles. The van der Waals surface area contributed by atoms with Crippen LogP contribution in [0, 0.1) is 11.3 Å². The molecule has 0 unspecified atom stereocenters. The number of methoxy groups -OCH3 is 1. The Balaban J connectivity index is 1.71. The predicted octanol–water partition coefficient (Wildman–Crippen LogP) is 2.90. The second-order valence-corrected chi connectivity index (χ2v) is 8.52. The van der Waals surface area contributed by atoms with Gasteiger partial charge in [0.2, 0.25) is 5.95 Å². The number of aliphatic hydroxyl groups excluding tert-OH is 1. The fraction of sp³-hybridized carbons (Fsp3) is 0.304. The lowest BCUT2D eigenvalue weighted by atomic mass is 9.83. The summed E-state index contributed by atoms with van der Waals surface area (Å²) in [5.41, 5.74) is 2.81. The van der Waals surface area contributed by atoms with Crippen molar-refractivity contribution in [2.75, 3.05) is 37.5 Å². The average molecular weight is 467 g/mol. The van der Waals surface area contributed by atoms with Crippen LogP contribution < -0.4 is 16.2 Å². The van der Waals surface area contributed by atoms with Crippen molar-refractivity contribution in [2.45, 2.75) is 18.9 Å². The second kappa shape index (κ2) is 9.19. The minimum atomic E-state index is -0.501. The number of hydrogen-bond donors (Lipinski definition) is 3. The Kier molecular flexibility index (Phi) is 6.33. The van der Waals surface area contributed by atoms with Crippen LogP contribution in [0.4, 0.5) is 17.3 Å². The molecule has 0 fully saturated rings. The van der Waals surface area contributed by atoms with Crippen LogP contribution >= 0.6 is 11.6 Å². The van der Waals surface area contributed by atoms with Crippen molar-refractivity contribution in [3.8, 4) is 17.3 Å². The highest BCUT2D eigenvalue weighted by Crippen LogP contribution is 2.41. The van der Waals surface area contributed by atoms with Gasteiger partial charge in [0.05, 0.1) is 35.2 Å². The van der Waals surface area contributed by atoms with E-state index >= 15 is 0 Å². The number of hydrogen-bond acceptors (Lipinski definition) is 8. The van der Waals surface area contributed by atoms with Gasteiger partial charge in [-0.3, -0.25) is 4.79 Å². The van der Waals surface area contributed by atoms with Crippen molar-refractivity contribution in [1.82, 2.24) is 14.5 Å². The predicted molar refractivity (Wildman–Crippen MR) is 126 cm³/mol. The smallest absolute Gasteiger partial charge is 0.274 e. The highest BCUT2D eigenvalue weighted by atomic mass is 35.5. The molecule has 1 atom stereocenters. The zero-order valence-corrected chi connectivity index (χ0v) is 19.0. The molecule has 1 aliphatic rings. The number of benzene rings is 1. The van der Waals surface area contributed by atoms with Crippen molar-refractivity contribution >= 4 is 28.9 Å². The summed E-state index contributed by atoms with van der Waals surface area (Å²) in [5, 5.41) is 26.1. The minimum absolute atomic E-state index is 0.0536. The zero-order chi connectivity index (χ0) is 23.6. The molecule has 33 heavy (non-hydrogen) atoms. The second-order valence-electron chi connectivity index (χ2n) is 8.08. The van der Waals surface area contributed by atoms with Crippen molar-refractivity contribution in [3.63, 3.8) is 0 Å². The number of pyridine rings is 1. The maximum absolute atomic E-state index is 12.8. The van der Waals surface area contributed by atoms with E-state index in [1.54, 1.807) is 31.6 Å². The maximum Gasteiger partial charge on any atom is 0.274 e. The van der Waals surface area contributed by atoms with Crippen LogP contribution in [0.1, 0.15) is 18.1 Å². The van der Waals surface area contributed by atoms with Crippen LogP contribution in [-0.2, 0) is 16.7 Å². The number of rotatable bonds is 7. The van der Waals surface area contributed by atoms with Gasteiger partial charge in [0.1, 0.15) is 11.8 Å². The van der Waals surface area contributed by atoms with E-state index in [0.717, 1.165) is 11.3 Å². The lowest BCUT2D eigenvalue weighted by Gasteiger charge is -2.21. The third-order valence-corrected chi connectivity index (χ3v) is 5.91. The van der Waals surface area contributed by atoms with E-state index in [1.807, 2.05) is 13.0 Å². The van der Waals surface area contributed by atoms with Crippen molar-refractivity contribution in [1.29, 1.82) is 5.26 Å². The average Bonchev–Trinajstić information content (AvgIpc) is 3.17. The van der Waals surface area contributed by atoms with Gasteiger partial charge in [0.25, 0.3) is 5.56 Å². The van der Waals surface area contributed by atoms with Crippen molar-refractivity contribution in [3.05, 3.63) is 63.2 Å². The topological polar surface area (TPSA) is 125 Å². The fourth-order valence-electron chi connectivity index (χ4n) is 3.81. The number of anilines is 3. The number of aliphatic hydroxyl groups is 1. The van der Waals surface area contributed by atoms with Gasteiger partial charge in [-0.05, 0) is 29.8 Å². The number of nitrogens with zero attached hydrogens (tertiary/aromatic N) is 4. The van der Waals surface area contributed by atoms with E-state index in [2.05, 4.69) is 26.7 Å². The Hall–Kier alpha value is -3.45. The Morgan fingerprint density at radius 3 is 2.97 bits per heavy atom. The number of aromatic nitrogens is 3. The zero-order valence-electron chi connectivity index (χ0n) is 18.2. The molecule has 0 spiro atoms. The quantitative estimate of drug-likeness (QED) is 0.485. The summed E-state index contributed by atoms with van der Waals surface area (Å²) in [6.45, 7) is 3.15. The summed E-state index contributed by atoms with van der Waals surface area (Å²) >= 11 is 6.18. The lowest BCUT2D eigenvalue weighted by molar-refractivity contribution is 0.186. The molecule has 0 amide bonds.